The molecule has 0 radical (unpaired) electrons. The maximum atomic E-state index is 14.8. The Hall–Kier alpha value is -3.23. The van der Waals surface area contributed by atoms with Crippen LogP contribution in [0.3, 0.4) is 0 Å². The van der Waals surface area contributed by atoms with Crippen molar-refractivity contribution in [2.45, 2.75) is 29.0 Å². The molecule has 0 aliphatic carbocycles. The lowest BCUT2D eigenvalue weighted by Crippen LogP contribution is -2.59. The van der Waals surface area contributed by atoms with Gasteiger partial charge in [0.25, 0.3) is 15.9 Å². The molecule has 1 N–H and O–H groups in total. The van der Waals surface area contributed by atoms with Crippen molar-refractivity contribution in [1.29, 1.82) is 0 Å². The molecule has 3 aromatic rings. The van der Waals surface area contributed by atoms with Gasteiger partial charge in [-0.1, -0.05) is 11.6 Å². The summed E-state index contributed by atoms with van der Waals surface area (Å²) in [5, 5.41) is 12.9. The summed E-state index contributed by atoms with van der Waals surface area (Å²) in [7, 11) is 1.32. The van der Waals surface area contributed by atoms with Crippen LogP contribution in [0, 0.1) is 0 Å². The lowest BCUT2D eigenvalue weighted by Gasteiger charge is -2.39. The largest absolute Gasteiger partial charge is 0.497 e. The number of likely N-dealkylation sites (N-methyl/N-ethyl adjacent to an activating group) is 1. The Morgan fingerprint density at radius 1 is 1.20 bits per heavy atom. The summed E-state index contributed by atoms with van der Waals surface area (Å²) in [6.45, 7) is -0.0821. The van der Waals surface area contributed by atoms with Crippen LogP contribution in [0.1, 0.15) is 17.0 Å². The maximum Gasteiger partial charge on any atom is 0.274 e. The molecule has 1 saturated heterocycles. The fourth-order valence-corrected chi connectivity index (χ4v) is 8.03. The van der Waals surface area contributed by atoms with Gasteiger partial charge < -0.3 is 19.5 Å². The zero-order valence-electron chi connectivity index (χ0n) is 22.1. The highest BCUT2D eigenvalue weighted by Crippen LogP contribution is 2.54. The average molecular weight is 607 g/mol. The van der Waals surface area contributed by atoms with E-state index in [1.165, 1.54) is 61.7 Å². The lowest BCUT2D eigenvalue weighted by atomic mass is 9.88. The number of hydrogen-bond donors (Lipinski definition) is 1. The first kappa shape index (κ1) is 28.3. The van der Waals surface area contributed by atoms with E-state index in [-0.39, 0.29) is 50.8 Å². The summed E-state index contributed by atoms with van der Waals surface area (Å²) in [6.07, 6.45) is 0.596. The van der Waals surface area contributed by atoms with Gasteiger partial charge in [0.2, 0.25) is 5.91 Å². The summed E-state index contributed by atoms with van der Waals surface area (Å²) in [4.78, 5) is 35.3. The minimum absolute atomic E-state index is 0.0216. The molecule has 0 bridgehead atoms. The van der Waals surface area contributed by atoms with Gasteiger partial charge in [-0.15, -0.1) is 11.3 Å². The van der Waals surface area contributed by atoms with Crippen LogP contribution in [0.4, 0.5) is 5.69 Å². The highest BCUT2D eigenvalue weighted by Gasteiger charge is 2.64. The third-order valence-corrected chi connectivity index (χ3v) is 9.98. The number of halogens is 1. The number of aliphatic hydroxyl groups excluding tert-OH is 1. The summed E-state index contributed by atoms with van der Waals surface area (Å²) < 4.78 is 39.9. The van der Waals surface area contributed by atoms with Crippen molar-refractivity contribution >= 4 is 50.5 Å². The molecule has 1 fully saturated rings. The van der Waals surface area contributed by atoms with Crippen LogP contribution in [0.15, 0.2) is 52.9 Å². The van der Waals surface area contributed by atoms with E-state index in [2.05, 4.69) is 4.98 Å². The molecule has 3 atom stereocenters. The van der Waals surface area contributed by atoms with E-state index in [1.54, 1.807) is 24.4 Å². The van der Waals surface area contributed by atoms with Crippen molar-refractivity contribution in [2.75, 3.05) is 39.2 Å². The number of benzene rings is 2. The standard InChI is InChI=1S/C26H27ClN4O7S2/c1-29(2)23(33)20-12-16(32)14-30(20)26(24-28-9-10-39-24)18-11-15(27)5-7-19(18)31(25(26)34)40(35,36)22-8-6-17(37-3)13-21(22)38-4/h5-11,13,16,20,32H,12,14H2,1-4H3/t16-,20+,26?/m1/s1. The third-order valence-electron chi connectivity index (χ3n) is 7.13. The number of rotatable bonds is 7. The number of nitrogens with zero attached hydrogens (tertiary/aromatic N) is 4. The molecule has 0 saturated carbocycles. The molecule has 0 spiro atoms. The smallest absolute Gasteiger partial charge is 0.274 e. The number of aliphatic hydroxyl groups is 1. The van der Waals surface area contributed by atoms with Crippen molar-refractivity contribution in [3.05, 3.63) is 63.6 Å². The number of ether oxygens (including phenoxy) is 2. The molecule has 3 heterocycles. The fraction of sp³-hybridized carbons (Fsp3) is 0.346. The highest BCUT2D eigenvalue weighted by atomic mass is 35.5. The first-order valence-corrected chi connectivity index (χ1v) is 14.9. The van der Waals surface area contributed by atoms with Crippen LogP contribution in [-0.4, -0.2) is 87.1 Å². The number of carbonyl (C=O) groups is 2. The van der Waals surface area contributed by atoms with Crippen molar-refractivity contribution in [1.82, 2.24) is 14.8 Å². The molecule has 2 aromatic carbocycles. The highest BCUT2D eigenvalue weighted by molar-refractivity contribution is 7.93. The quantitative estimate of drug-likeness (QED) is 0.431. The van der Waals surface area contributed by atoms with Crippen molar-refractivity contribution in [3.8, 4) is 11.5 Å². The van der Waals surface area contributed by atoms with Crippen molar-refractivity contribution in [3.63, 3.8) is 0 Å². The van der Waals surface area contributed by atoms with Crippen LogP contribution in [0.25, 0.3) is 0 Å². The Morgan fingerprint density at radius 2 is 1.95 bits per heavy atom. The monoisotopic (exact) mass is 606 g/mol. The van der Waals surface area contributed by atoms with Gasteiger partial charge in [-0.2, -0.15) is 0 Å². The Bertz CT molecular complexity index is 1580. The van der Waals surface area contributed by atoms with E-state index in [0.717, 1.165) is 11.3 Å². The molecule has 1 aromatic heterocycles. The number of likely N-dealkylation sites (tertiary alicyclic amines) is 1. The second-order valence-corrected chi connectivity index (χ2v) is 12.7. The van der Waals surface area contributed by atoms with Gasteiger partial charge in [0.1, 0.15) is 21.4 Å². The minimum Gasteiger partial charge on any atom is -0.497 e. The number of methoxy groups -OCH3 is 2. The first-order chi connectivity index (χ1) is 19.0. The Labute approximate surface area is 240 Å². The fourth-order valence-electron chi connectivity index (χ4n) is 5.40. The van der Waals surface area contributed by atoms with Gasteiger partial charge in [0.15, 0.2) is 5.54 Å². The van der Waals surface area contributed by atoms with Crippen LogP contribution in [-0.2, 0) is 25.2 Å². The molecule has 5 rings (SSSR count). The Morgan fingerprint density at radius 3 is 2.58 bits per heavy atom. The number of aromatic nitrogens is 1. The number of β-amino-alcohol motifs (C(OH)–C–C–N with tert-alkyl or cyclic N) is 1. The lowest BCUT2D eigenvalue weighted by molar-refractivity contribution is -0.138. The average Bonchev–Trinajstić information content (AvgIpc) is 3.65. The maximum absolute atomic E-state index is 14.8. The topological polar surface area (TPSA) is 130 Å². The van der Waals surface area contributed by atoms with Crippen molar-refractivity contribution < 1.29 is 32.6 Å². The molecule has 40 heavy (non-hydrogen) atoms. The van der Waals surface area contributed by atoms with Gasteiger partial charge in [-0.25, -0.2) is 17.7 Å². The van der Waals surface area contributed by atoms with Gasteiger partial charge in [-0.3, -0.25) is 14.5 Å². The first-order valence-electron chi connectivity index (χ1n) is 12.2. The third kappa shape index (κ3) is 4.15. The summed E-state index contributed by atoms with van der Waals surface area (Å²) in [5.74, 6) is -0.874. The number of sulfonamides is 1. The van der Waals surface area contributed by atoms with E-state index >= 15 is 0 Å². The number of amides is 2. The normalized spacial score (nSPS) is 22.9. The van der Waals surface area contributed by atoms with Gasteiger partial charge in [0, 0.05) is 48.9 Å². The van der Waals surface area contributed by atoms with Crippen LogP contribution in [0.5, 0.6) is 11.5 Å². The molecular formula is C26H27ClN4O7S2. The van der Waals surface area contributed by atoms with E-state index < -0.39 is 33.6 Å². The number of hydrogen-bond acceptors (Lipinski definition) is 10. The van der Waals surface area contributed by atoms with Crippen LogP contribution in [0.2, 0.25) is 5.02 Å². The zero-order valence-corrected chi connectivity index (χ0v) is 24.5. The zero-order chi connectivity index (χ0) is 29.0. The van der Waals surface area contributed by atoms with E-state index in [4.69, 9.17) is 21.1 Å². The number of thiazole rings is 1. The van der Waals surface area contributed by atoms with E-state index in [1.807, 2.05) is 0 Å². The van der Waals surface area contributed by atoms with Crippen LogP contribution >= 0.6 is 22.9 Å². The van der Waals surface area contributed by atoms with E-state index in [0.29, 0.717) is 10.1 Å². The molecule has 2 aliphatic heterocycles. The Kier molecular flexibility index (Phi) is 7.29. The van der Waals surface area contributed by atoms with Gasteiger partial charge in [0.05, 0.1) is 32.1 Å². The molecular weight excluding hydrogens is 580 g/mol. The molecule has 1 unspecified atom stereocenters. The molecule has 2 amide bonds. The predicted molar refractivity (Wildman–Crippen MR) is 148 cm³/mol. The summed E-state index contributed by atoms with van der Waals surface area (Å²) >= 11 is 7.57. The summed E-state index contributed by atoms with van der Waals surface area (Å²) in [5.41, 5.74) is -1.57. The minimum atomic E-state index is -4.59. The van der Waals surface area contributed by atoms with Crippen LogP contribution < -0.4 is 13.8 Å². The Balaban J connectivity index is 1.80. The molecule has 2 aliphatic rings. The van der Waals surface area contributed by atoms with Gasteiger partial charge in [-0.05, 0) is 36.8 Å². The predicted octanol–water partition coefficient (Wildman–Crippen LogP) is 2.32. The number of carbonyl (C=O) groups excluding carboxylic acids is 2. The number of fused-ring (bicyclic) bond motifs is 1. The number of anilines is 1. The van der Waals surface area contributed by atoms with Gasteiger partial charge >= 0.3 is 0 Å². The summed E-state index contributed by atoms with van der Waals surface area (Å²) in [6, 6.07) is 7.68. The van der Waals surface area contributed by atoms with Crippen molar-refractivity contribution in [2.24, 2.45) is 0 Å². The molecule has 14 heteroatoms. The molecule has 11 nitrogen and oxygen atoms in total. The van der Waals surface area contributed by atoms with E-state index in [9.17, 15) is 23.1 Å². The second kappa shape index (κ2) is 10.3. The SMILES string of the molecule is COc1ccc(S(=O)(=O)N2C(=O)C(c3nccs3)(N3C[C@H](O)C[C@H]3C(=O)N(C)C)c3cc(Cl)ccc32)c(OC)c1. The molecule has 212 valence electrons. The second-order valence-electron chi connectivity index (χ2n) is 9.59.